The van der Waals surface area contributed by atoms with Gasteiger partial charge in [-0.3, -0.25) is 0 Å². The quantitative estimate of drug-likeness (QED) is 0.659. The molecule has 0 radical (unpaired) electrons. The third-order valence-corrected chi connectivity index (χ3v) is 5.82. The fraction of sp³-hybridized carbons (Fsp3) is 0.348. The summed E-state index contributed by atoms with van der Waals surface area (Å²) in [6, 6.07) is 15.1. The molecule has 0 saturated carbocycles. The normalized spacial score (nSPS) is 18.8. The number of imidazole rings is 1. The highest BCUT2D eigenvalue weighted by atomic mass is 16.5. The first-order valence-electron chi connectivity index (χ1n) is 9.47. The van der Waals surface area contributed by atoms with Crippen LogP contribution in [-0.4, -0.2) is 23.8 Å². The summed E-state index contributed by atoms with van der Waals surface area (Å²) in [4.78, 5) is 4.32. The molecule has 140 valence electrons. The lowest BCUT2D eigenvalue weighted by Gasteiger charge is -2.35. The van der Waals surface area contributed by atoms with E-state index in [0.29, 0.717) is 11.8 Å². The maximum atomic E-state index is 5.45. The van der Waals surface area contributed by atoms with Crippen molar-refractivity contribution < 1.29 is 9.47 Å². The van der Waals surface area contributed by atoms with Gasteiger partial charge in [-0.2, -0.15) is 0 Å². The molecule has 0 amide bonds. The van der Waals surface area contributed by atoms with Gasteiger partial charge in [0.15, 0.2) is 0 Å². The smallest absolute Gasteiger partial charge is 0.119 e. The summed E-state index contributed by atoms with van der Waals surface area (Å²) in [6.07, 6.45) is 6.08. The van der Waals surface area contributed by atoms with Crippen LogP contribution in [-0.2, 0) is 13.0 Å². The molecular weight excluding hydrogens is 336 g/mol. The Labute approximate surface area is 160 Å². The van der Waals surface area contributed by atoms with Crippen molar-refractivity contribution in [3.63, 3.8) is 0 Å². The van der Waals surface area contributed by atoms with E-state index in [0.717, 1.165) is 30.9 Å². The Balaban J connectivity index is 1.73. The third kappa shape index (κ3) is 3.44. The Bertz CT molecular complexity index is 914. The van der Waals surface area contributed by atoms with E-state index in [1.54, 1.807) is 14.2 Å². The van der Waals surface area contributed by atoms with Gasteiger partial charge in [0.25, 0.3) is 0 Å². The standard InChI is InChI=1S/C23H26N2O2/c1-16-13-24-15-25(16)14-23-21(17-4-7-19(26-2)8-5-17)10-6-18-12-20(27-3)9-11-22(18)23/h4-5,7-9,11-13,15,21,23H,6,10,14H2,1-3H3/t21-,23+/m0/s1. The van der Waals surface area contributed by atoms with Crippen molar-refractivity contribution in [2.45, 2.75) is 38.1 Å². The summed E-state index contributed by atoms with van der Waals surface area (Å²) < 4.78 is 13.1. The number of methoxy groups -OCH3 is 2. The van der Waals surface area contributed by atoms with Crippen molar-refractivity contribution in [3.05, 3.63) is 77.4 Å². The number of hydrogen-bond acceptors (Lipinski definition) is 3. The minimum Gasteiger partial charge on any atom is -0.497 e. The molecule has 1 aliphatic rings. The van der Waals surface area contributed by atoms with Crippen LogP contribution in [0.25, 0.3) is 0 Å². The number of aryl methyl sites for hydroxylation is 2. The Morgan fingerprint density at radius 2 is 1.78 bits per heavy atom. The van der Waals surface area contributed by atoms with Crippen molar-refractivity contribution in [1.82, 2.24) is 9.55 Å². The molecule has 1 aliphatic carbocycles. The van der Waals surface area contributed by atoms with Gasteiger partial charge in [0.1, 0.15) is 11.5 Å². The van der Waals surface area contributed by atoms with E-state index in [1.807, 2.05) is 12.5 Å². The molecule has 3 aromatic rings. The fourth-order valence-electron chi connectivity index (χ4n) is 4.28. The van der Waals surface area contributed by atoms with Crippen LogP contribution in [0.1, 0.15) is 40.6 Å². The highest BCUT2D eigenvalue weighted by Gasteiger charge is 2.31. The highest BCUT2D eigenvalue weighted by molar-refractivity contribution is 5.43. The molecule has 27 heavy (non-hydrogen) atoms. The maximum Gasteiger partial charge on any atom is 0.119 e. The topological polar surface area (TPSA) is 36.3 Å². The minimum absolute atomic E-state index is 0.404. The number of aromatic nitrogens is 2. The van der Waals surface area contributed by atoms with Gasteiger partial charge >= 0.3 is 0 Å². The zero-order valence-corrected chi connectivity index (χ0v) is 16.2. The number of rotatable bonds is 5. The van der Waals surface area contributed by atoms with Gasteiger partial charge in [-0.15, -0.1) is 0 Å². The predicted molar refractivity (Wildman–Crippen MR) is 107 cm³/mol. The molecule has 0 unspecified atom stereocenters. The average Bonchev–Trinajstić information content (AvgIpc) is 3.12. The highest BCUT2D eigenvalue weighted by Crippen LogP contribution is 2.44. The molecule has 4 rings (SSSR count). The van der Waals surface area contributed by atoms with Gasteiger partial charge in [0, 0.05) is 24.4 Å². The van der Waals surface area contributed by atoms with E-state index in [2.05, 4.69) is 58.9 Å². The van der Waals surface area contributed by atoms with Crippen molar-refractivity contribution in [2.75, 3.05) is 14.2 Å². The van der Waals surface area contributed by atoms with Crippen LogP contribution in [0, 0.1) is 6.92 Å². The largest absolute Gasteiger partial charge is 0.497 e. The summed E-state index contributed by atoms with van der Waals surface area (Å²) in [5.74, 6) is 2.72. The molecule has 0 saturated heterocycles. The van der Waals surface area contributed by atoms with Gasteiger partial charge in [0.05, 0.1) is 20.5 Å². The molecule has 1 heterocycles. The van der Waals surface area contributed by atoms with Crippen molar-refractivity contribution in [2.24, 2.45) is 0 Å². The average molecular weight is 362 g/mol. The van der Waals surface area contributed by atoms with Gasteiger partial charge < -0.3 is 14.0 Å². The second kappa shape index (κ2) is 7.47. The molecule has 0 N–H and O–H groups in total. The van der Waals surface area contributed by atoms with Gasteiger partial charge in [-0.25, -0.2) is 4.98 Å². The van der Waals surface area contributed by atoms with Crippen LogP contribution in [0.3, 0.4) is 0 Å². The van der Waals surface area contributed by atoms with Crippen LogP contribution in [0.5, 0.6) is 11.5 Å². The summed E-state index contributed by atoms with van der Waals surface area (Å²) >= 11 is 0. The van der Waals surface area contributed by atoms with Gasteiger partial charge in [0.2, 0.25) is 0 Å². The molecule has 0 fully saturated rings. The van der Waals surface area contributed by atoms with E-state index < -0.39 is 0 Å². The zero-order valence-electron chi connectivity index (χ0n) is 16.2. The number of fused-ring (bicyclic) bond motifs is 1. The summed E-state index contributed by atoms with van der Waals surface area (Å²) in [5.41, 5.74) is 5.40. The summed E-state index contributed by atoms with van der Waals surface area (Å²) in [5, 5.41) is 0. The molecule has 1 aromatic heterocycles. The van der Waals surface area contributed by atoms with E-state index >= 15 is 0 Å². The molecule has 0 bridgehead atoms. The number of ether oxygens (including phenoxy) is 2. The molecule has 2 atom stereocenters. The van der Waals surface area contributed by atoms with Crippen LogP contribution in [0.4, 0.5) is 0 Å². The van der Waals surface area contributed by atoms with Crippen LogP contribution in [0.2, 0.25) is 0 Å². The van der Waals surface area contributed by atoms with Crippen molar-refractivity contribution in [3.8, 4) is 11.5 Å². The SMILES string of the molecule is COc1ccc([C@@H]2CCc3cc(OC)ccc3[C@@H]2Cn2cncc2C)cc1. The lowest BCUT2D eigenvalue weighted by atomic mass is 9.72. The van der Waals surface area contributed by atoms with E-state index in [-0.39, 0.29) is 0 Å². The Morgan fingerprint density at radius 3 is 2.44 bits per heavy atom. The van der Waals surface area contributed by atoms with Crippen LogP contribution in [0.15, 0.2) is 55.0 Å². The number of benzene rings is 2. The molecule has 0 spiro atoms. The maximum absolute atomic E-state index is 5.45. The number of hydrogen-bond donors (Lipinski definition) is 0. The lowest BCUT2D eigenvalue weighted by molar-refractivity contribution is 0.402. The molecule has 4 heteroatoms. The molecule has 4 nitrogen and oxygen atoms in total. The van der Waals surface area contributed by atoms with E-state index in [1.165, 1.54) is 22.4 Å². The zero-order chi connectivity index (χ0) is 18.8. The Hall–Kier alpha value is -2.75. The van der Waals surface area contributed by atoms with Crippen LogP contribution < -0.4 is 9.47 Å². The first-order valence-corrected chi connectivity index (χ1v) is 9.47. The van der Waals surface area contributed by atoms with Gasteiger partial charge in [-0.05, 0) is 66.6 Å². The molecule has 0 aliphatic heterocycles. The number of nitrogens with zero attached hydrogens (tertiary/aromatic N) is 2. The minimum atomic E-state index is 0.404. The van der Waals surface area contributed by atoms with E-state index in [4.69, 9.17) is 9.47 Å². The second-order valence-corrected chi connectivity index (χ2v) is 7.28. The van der Waals surface area contributed by atoms with E-state index in [9.17, 15) is 0 Å². The van der Waals surface area contributed by atoms with Crippen molar-refractivity contribution in [1.29, 1.82) is 0 Å². The fourth-order valence-corrected chi connectivity index (χ4v) is 4.28. The van der Waals surface area contributed by atoms with Gasteiger partial charge in [-0.1, -0.05) is 18.2 Å². The van der Waals surface area contributed by atoms with Crippen molar-refractivity contribution >= 4 is 0 Å². The molecular formula is C23H26N2O2. The Kier molecular flexibility index (Phi) is 4.88. The third-order valence-electron chi connectivity index (χ3n) is 5.82. The Morgan fingerprint density at radius 1 is 1.04 bits per heavy atom. The van der Waals surface area contributed by atoms with Crippen LogP contribution >= 0.6 is 0 Å². The first-order chi connectivity index (χ1) is 13.2. The first kappa shape index (κ1) is 17.7. The summed E-state index contributed by atoms with van der Waals surface area (Å²) in [7, 11) is 3.45. The second-order valence-electron chi connectivity index (χ2n) is 7.28. The predicted octanol–water partition coefficient (Wildman–Crippen LogP) is 4.72. The molecule has 2 aromatic carbocycles. The summed E-state index contributed by atoms with van der Waals surface area (Å²) in [6.45, 7) is 3.05. The monoisotopic (exact) mass is 362 g/mol. The lowest BCUT2D eigenvalue weighted by Crippen LogP contribution is -2.23.